The summed E-state index contributed by atoms with van der Waals surface area (Å²) in [5, 5.41) is 4.94. The van der Waals surface area contributed by atoms with E-state index >= 15 is 0 Å². The van der Waals surface area contributed by atoms with Gasteiger partial charge in [-0.15, -0.1) is 0 Å². The van der Waals surface area contributed by atoms with Gasteiger partial charge in [0.2, 0.25) is 0 Å². The maximum Gasteiger partial charge on any atom is 0.114 e. The number of pyridine rings is 1. The smallest absolute Gasteiger partial charge is 0.114 e. The average Bonchev–Trinajstić information content (AvgIpc) is 3.10. The van der Waals surface area contributed by atoms with Crippen molar-refractivity contribution < 1.29 is 4.42 Å². The second-order valence-corrected chi connectivity index (χ2v) is 7.46. The zero-order valence-electron chi connectivity index (χ0n) is 12.8. The molecule has 0 radical (unpaired) electrons. The molecule has 2 aliphatic rings. The molecule has 2 aliphatic carbocycles. The number of hydrogen-bond donors (Lipinski definition) is 0. The zero-order valence-corrected chi connectivity index (χ0v) is 14.4. The molecular formula is C18H16BrN3O. The van der Waals surface area contributed by atoms with Crippen molar-refractivity contribution >= 4 is 15.9 Å². The second kappa shape index (κ2) is 4.57. The molecular weight excluding hydrogens is 354 g/mol. The van der Waals surface area contributed by atoms with E-state index < -0.39 is 0 Å². The average molecular weight is 370 g/mol. The van der Waals surface area contributed by atoms with E-state index in [0.717, 1.165) is 34.6 Å². The topological polar surface area (TPSA) is 43.9 Å². The van der Waals surface area contributed by atoms with Gasteiger partial charge in [-0.1, -0.05) is 6.07 Å². The number of aryl methyl sites for hydroxylation is 1. The highest BCUT2D eigenvalue weighted by Crippen LogP contribution is 2.59. The van der Waals surface area contributed by atoms with E-state index in [1.165, 1.54) is 29.5 Å². The molecule has 3 heterocycles. The lowest BCUT2D eigenvalue weighted by Gasteiger charge is -2.21. The molecule has 0 aliphatic heterocycles. The van der Waals surface area contributed by atoms with E-state index in [1.807, 2.05) is 18.5 Å². The molecule has 5 heteroatoms. The fourth-order valence-corrected chi connectivity index (χ4v) is 4.59. The number of aromatic nitrogens is 3. The Kier molecular flexibility index (Phi) is 2.69. The van der Waals surface area contributed by atoms with Crippen molar-refractivity contribution in [2.24, 2.45) is 0 Å². The Bertz CT molecular complexity index is 906. The van der Waals surface area contributed by atoms with Crippen LogP contribution in [0.15, 0.2) is 39.8 Å². The van der Waals surface area contributed by atoms with Crippen LogP contribution < -0.4 is 0 Å². The van der Waals surface area contributed by atoms with Gasteiger partial charge in [0, 0.05) is 35.4 Å². The number of furan rings is 1. The van der Waals surface area contributed by atoms with E-state index in [9.17, 15) is 0 Å². The molecule has 0 bridgehead atoms. The molecule has 1 saturated carbocycles. The minimum atomic E-state index is 0.235. The number of rotatable bonds is 2. The van der Waals surface area contributed by atoms with Gasteiger partial charge >= 0.3 is 0 Å². The molecule has 0 N–H and O–H groups in total. The fourth-order valence-electron chi connectivity index (χ4n) is 3.78. The van der Waals surface area contributed by atoms with Gasteiger partial charge in [-0.05, 0) is 52.9 Å². The summed E-state index contributed by atoms with van der Waals surface area (Å²) in [4.78, 5) is 4.20. The van der Waals surface area contributed by atoms with Gasteiger partial charge in [0.1, 0.15) is 16.1 Å². The maximum absolute atomic E-state index is 5.81. The third-order valence-electron chi connectivity index (χ3n) is 5.12. The Hall–Kier alpha value is -1.88. The van der Waals surface area contributed by atoms with E-state index in [0.29, 0.717) is 0 Å². The lowest BCUT2D eigenvalue weighted by atomic mass is 9.83. The summed E-state index contributed by atoms with van der Waals surface area (Å²) in [7, 11) is 0. The van der Waals surface area contributed by atoms with Crippen molar-refractivity contribution in [1.82, 2.24) is 14.8 Å². The van der Waals surface area contributed by atoms with Crippen LogP contribution in [0, 0.1) is 6.92 Å². The molecule has 3 aromatic rings. The normalized spacial score (nSPS) is 17.1. The van der Waals surface area contributed by atoms with Crippen LogP contribution in [0.25, 0.3) is 11.3 Å². The Morgan fingerprint density at radius 3 is 3.00 bits per heavy atom. The quantitative estimate of drug-likeness (QED) is 0.678. The standard InChI is InChI=1S/C18H16BrN3O/c1-11-10-23-13-7-18(4-5-18)15-16(14(11)13)21-22(17(15)19)9-12-3-2-6-20-8-12/h2-3,6,8,10H,4-5,7,9H2,1H3. The largest absolute Gasteiger partial charge is 0.468 e. The Morgan fingerprint density at radius 1 is 1.39 bits per heavy atom. The first kappa shape index (κ1) is 13.5. The summed E-state index contributed by atoms with van der Waals surface area (Å²) in [5.41, 5.74) is 6.24. The van der Waals surface area contributed by atoms with Crippen LogP contribution in [-0.2, 0) is 18.4 Å². The summed E-state index contributed by atoms with van der Waals surface area (Å²) < 4.78 is 8.98. The van der Waals surface area contributed by atoms with Crippen molar-refractivity contribution in [1.29, 1.82) is 0 Å². The molecule has 4 nitrogen and oxygen atoms in total. The first-order chi connectivity index (χ1) is 11.2. The van der Waals surface area contributed by atoms with Crippen LogP contribution in [0.5, 0.6) is 0 Å². The van der Waals surface area contributed by atoms with Crippen LogP contribution in [-0.4, -0.2) is 14.8 Å². The van der Waals surface area contributed by atoms with Gasteiger partial charge in [0.25, 0.3) is 0 Å². The summed E-state index contributed by atoms with van der Waals surface area (Å²) in [6.45, 7) is 2.83. The van der Waals surface area contributed by atoms with Crippen molar-refractivity contribution in [3.8, 4) is 11.3 Å². The number of halogens is 1. The van der Waals surface area contributed by atoms with Gasteiger partial charge in [0.05, 0.1) is 12.8 Å². The molecule has 0 saturated heterocycles. The fraction of sp³-hybridized carbons (Fsp3) is 0.333. The molecule has 1 fully saturated rings. The zero-order chi connectivity index (χ0) is 15.6. The van der Waals surface area contributed by atoms with Crippen molar-refractivity contribution in [3.63, 3.8) is 0 Å². The van der Waals surface area contributed by atoms with Gasteiger partial charge in [-0.2, -0.15) is 5.10 Å². The Morgan fingerprint density at radius 2 is 2.26 bits per heavy atom. The minimum absolute atomic E-state index is 0.235. The predicted octanol–water partition coefficient (Wildman–Crippen LogP) is 4.25. The molecule has 0 unspecified atom stereocenters. The van der Waals surface area contributed by atoms with Gasteiger partial charge in [-0.3, -0.25) is 9.67 Å². The maximum atomic E-state index is 5.81. The molecule has 5 rings (SSSR count). The predicted molar refractivity (Wildman–Crippen MR) is 90.3 cm³/mol. The third-order valence-corrected chi connectivity index (χ3v) is 5.92. The van der Waals surface area contributed by atoms with Gasteiger partial charge < -0.3 is 4.42 Å². The summed E-state index contributed by atoms with van der Waals surface area (Å²) in [6, 6.07) is 4.05. The molecule has 0 atom stereocenters. The lowest BCUT2D eigenvalue weighted by Crippen LogP contribution is -2.16. The summed E-state index contributed by atoms with van der Waals surface area (Å²) in [5.74, 6) is 1.10. The first-order valence-corrected chi connectivity index (χ1v) is 8.70. The highest BCUT2D eigenvalue weighted by Gasteiger charge is 2.52. The minimum Gasteiger partial charge on any atom is -0.468 e. The van der Waals surface area contributed by atoms with Crippen LogP contribution >= 0.6 is 15.9 Å². The van der Waals surface area contributed by atoms with Gasteiger partial charge in [0.15, 0.2) is 0 Å². The molecule has 116 valence electrons. The van der Waals surface area contributed by atoms with E-state index in [1.54, 1.807) is 6.20 Å². The van der Waals surface area contributed by atoms with Crippen LogP contribution in [0.3, 0.4) is 0 Å². The summed E-state index contributed by atoms with van der Waals surface area (Å²) >= 11 is 3.82. The Balaban J connectivity index is 1.68. The summed E-state index contributed by atoms with van der Waals surface area (Å²) in [6.07, 6.45) is 9.00. The highest BCUT2D eigenvalue weighted by molar-refractivity contribution is 9.10. The van der Waals surface area contributed by atoms with E-state index in [-0.39, 0.29) is 5.41 Å². The number of hydrogen-bond acceptors (Lipinski definition) is 3. The highest BCUT2D eigenvalue weighted by atomic mass is 79.9. The van der Waals surface area contributed by atoms with Gasteiger partial charge in [-0.25, -0.2) is 0 Å². The lowest BCUT2D eigenvalue weighted by molar-refractivity contribution is 0.475. The molecule has 0 amide bonds. The van der Waals surface area contributed by atoms with Crippen LogP contribution in [0.2, 0.25) is 0 Å². The number of fused-ring (bicyclic) bond motifs is 4. The van der Waals surface area contributed by atoms with E-state index in [2.05, 4.69) is 38.6 Å². The second-order valence-electron chi connectivity index (χ2n) is 6.71. The molecule has 23 heavy (non-hydrogen) atoms. The molecule has 1 spiro atoms. The van der Waals surface area contributed by atoms with Crippen molar-refractivity contribution in [2.45, 2.75) is 38.1 Å². The number of nitrogens with zero attached hydrogens (tertiary/aromatic N) is 3. The van der Waals surface area contributed by atoms with Crippen molar-refractivity contribution in [3.05, 3.63) is 57.8 Å². The Labute approximate surface area is 142 Å². The van der Waals surface area contributed by atoms with Crippen LogP contribution in [0.4, 0.5) is 0 Å². The SMILES string of the molecule is Cc1coc2c1-c1nn(Cc3cccnc3)c(Br)c1C1(CC1)C2. The third kappa shape index (κ3) is 1.89. The monoisotopic (exact) mass is 369 g/mol. The van der Waals surface area contributed by atoms with Crippen molar-refractivity contribution in [2.75, 3.05) is 0 Å². The van der Waals surface area contributed by atoms with E-state index in [4.69, 9.17) is 9.52 Å². The van der Waals surface area contributed by atoms with Crippen LogP contribution in [0.1, 0.15) is 35.3 Å². The molecule has 3 aromatic heterocycles. The first-order valence-electron chi connectivity index (χ1n) is 7.91. The molecule has 0 aromatic carbocycles.